The van der Waals surface area contributed by atoms with Crippen LogP contribution in [-0.2, 0) is 20.9 Å². The van der Waals surface area contributed by atoms with E-state index in [2.05, 4.69) is 19.2 Å². The first-order valence-corrected chi connectivity index (χ1v) is 9.26. The van der Waals surface area contributed by atoms with E-state index in [1.165, 1.54) is 0 Å². The molecule has 0 fully saturated rings. The predicted octanol–water partition coefficient (Wildman–Crippen LogP) is 4.15. The molecule has 1 amide bonds. The monoisotopic (exact) mass is 385 g/mol. The van der Waals surface area contributed by atoms with Gasteiger partial charge in [0.15, 0.2) is 6.61 Å². The summed E-state index contributed by atoms with van der Waals surface area (Å²) in [5.41, 5.74) is 2.83. The molecular formula is C22H27NO5. The molecule has 1 N–H and O–H groups in total. The summed E-state index contributed by atoms with van der Waals surface area (Å²) < 4.78 is 15.8. The van der Waals surface area contributed by atoms with Crippen molar-refractivity contribution in [2.24, 2.45) is 0 Å². The van der Waals surface area contributed by atoms with Crippen LogP contribution in [0.15, 0.2) is 42.5 Å². The molecular weight excluding hydrogens is 358 g/mol. The van der Waals surface area contributed by atoms with Crippen LogP contribution in [0.5, 0.6) is 5.75 Å². The lowest BCUT2D eigenvalue weighted by Crippen LogP contribution is -2.21. The van der Waals surface area contributed by atoms with Crippen molar-refractivity contribution in [3.05, 3.63) is 59.2 Å². The van der Waals surface area contributed by atoms with E-state index in [9.17, 15) is 9.59 Å². The van der Waals surface area contributed by atoms with Gasteiger partial charge in [-0.15, -0.1) is 0 Å². The van der Waals surface area contributed by atoms with Crippen LogP contribution < -0.4 is 10.1 Å². The van der Waals surface area contributed by atoms with E-state index in [1.807, 2.05) is 31.2 Å². The van der Waals surface area contributed by atoms with Gasteiger partial charge in [-0.2, -0.15) is 0 Å². The maximum Gasteiger partial charge on any atom is 0.338 e. The van der Waals surface area contributed by atoms with Crippen molar-refractivity contribution in [2.75, 3.05) is 25.6 Å². The van der Waals surface area contributed by atoms with Gasteiger partial charge >= 0.3 is 5.97 Å². The first kappa shape index (κ1) is 21.4. The summed E-state index contributed by atoms with van der Waals surface area (Å²) in [5.74, 6) is -0.0626. The number of carbonyl (C=O) groups excluding carboxylic acids is 2. The van der Waals surface area contributed by atoms with E-state index in [1.54, 1.807) is 25.3 Å². The Morgan fingerprint density at radius 1 is 1.11 bits per heavy atom. The van der Waals surface area contributed by atoms with Gasteiger partial charge in [0.1, 0.15) is 5.75 Å². The van der Waals surface area contributed by atoms with Crippen LogP contribution in [0.2, 0.25) is 0 Å². The number of esters is 1. The lowest BCUT2D eigenvalue weighted by Gasteiger charge is -2.14. The predicted molar refractivity (Wildman–Crippen MR) is 108 cm³/mol. The number of ether oxygens (including phenoxy) is 3. The van der Waals surface area contributed by atoms with Crippen molar-refractivity contribution < 1.29 is 23.8 Å². The number of hydrogen-bond acceptors (Lipinski definition) is 5. The molecule has 0 saturated heterocycles. The third-order valence-corrected chi connectivity index (χ3v) is 4.17. The fourth-order valence-electron chi connectivity index (χ4n) is 2.75. The van der Waals surface area contributed by atoms with Gasteiger partial charge in [0.25, 0.3) is 5.91 Å². The standard InChI is InChI=1S/C22H27NO5/c1-5-27-13-17-12-16(10-11-20(17)26-4)22(25)28-14-21(24)23-19-9-7-6-8-18(19)15(2)3/h6-12,15H,5,13-14H2,1-4H3,(H,23,24). The number of para-hydroxylation sites is 1. The third kappa shape index (κ3) is 5.82. The molecule has 0 bridgehead atoms. The molecule has 0 radical (unpaired) electrons. The number of nitrogens with one attached hydrogen (secondary N) is 1. The van der Waals surface area contributed by atoms with E-state index in [4.69, 9.17) is 14.2 Å². The zero-order chi connectivity index (χ0) is 20.5. The van der Waals surface area contributed by atoms with Crippen molar-refractivity contribution in [2.45, 2.75) is 33.3 Å². The van der Waals surface area contributed by atoms with Crippen LogP contribution in [0.25, 0.3) is 0 Å². The maximum atomic E-state index is 12.3. The lowest BCUT2D eigenvalue weighted by molar-refractivity contribution is -0.119. The number of methoxy groups -OCH3 is 1. The molecule has 0 aliphatic rings. The summed E-state index contributed by atoms with van der Waals surface area (Å²) in [6, 6.07) is 12.5. The number of carbonyl (C=O) groups is 2. The minimum atomic E-state index is -0.576. The van der Waals surface area contributed by atoms with Crippen LogP contribution in [0.1, 0.15) is 48.2 Å². The van der Waals surface area contributed by atoms with E-state index in [0.717, 1.165) is 16.8 Å². The highest BCUT2D eigenvalue weighted by atomic mass is 16.5. The minimum absolute atomic E-state index is 0.266. The number of benzene rings is 2. The molecule has 2 rings (SSSR count). The number of anilines is 1. The molecule has 0 spiro atoms. The lowest BCUT2D eigenvalue weighted by atomic mass is 10.0. The van der Waals surface area contributed by atoms with Gasteiger partial charge < -0.3 is 19.5 Å². The SMILES string of the molecule is CCOCc1cc(C(=O)OCC(=O)Nc2ccccc2C(C)C)ccc1OC. The summed E-state index contributed by atoms with van der Waals surface area (Å²) in [6.07, 6.45) is 0. The quantitative estimate of drug-likeness (QED) is 0.657. The Bertz CT molecular complexity index is 816. The Morgan fingerprint density at radius 2 is 1.86 bits per heavy atom. The zero-order valence-electron chi connectivity index (χ0n) is 16.8. The molecule has 150 valence electrons. The average molecular weight is 385 g/mol. The zero-order valence-corrected chi connectivity index (χ0v) is 16.8. The van der Waals surface area contributed by atoms with Crippen molar-refractivity contribution in [1.82, 2.24) is 0 Å². The molecule has 0 unspecified atom stereocenters. The van der Waals surface area contributed by atoms with Crippen LogP contribution in [0, 0.1) is 0 Å². The second kappa shape index (κ2) is 10.5. The van der Waals surface area contributed by atoms with Crippen molar-refractivity contribution >= 4 is 17.6 Å². The normalized spacial score (nSPS) is 10.6. The topological polar surface area (TPSA) is 73.9 Å². The first-order chi connectivity index (χ1) is 13.5. The summed E-state index contributed by atoms with van der Waals surface area (Å²) >= 11 is 0. The van der Waals surface area contributed by atoms with Gasteiger partial charge in [0.2, 0.25) is 0 Å². The summed E-state index contributed by atoms with van der Waals surface area (Å²) in [5, 5.41) is 2.80. The van der Waals surface area contributed by atoms with E-state index in [-0.39, 0.29) is 18.4 Å². The Morgan fingerprint density at radius 3 is 2.54 bits per heavy atom. The van der Waals surface area contributed by atoms with Crippen LogP contribution in [-0.4, -0.2) is 32.2 Å². The Labute approximate surface area is 165 Å². The number of hydrogen-bond donors (Lipinski definition) is 1. The summed E-state index contributed by atoms with van der Waals surface area (Å²) in [6.45, 7) is 6.50. The van der Waals surface area contributed by atoms with Gasteiger partial charge in [-0.1, -0.05) is 32.0 Å². The van der Waals surface area contributed by atoms with Gasteiger partial charge in [-0.3, -0.25) is 4.79 Å². The molecule has 0 aliphatic carbocycles. The highest BCUT2D eigenvalue weighted by Gasteiger charge is 2.15. The molecule has 2 aromatic rings. The van der Waals surface area contributed by atoms with Gasteiger partial charge in [0, 0.05) is 17.9 Å². The number of amides is 1. The molecule has 0 atom stereocenters. The number of rotatable bonds is 9. The van der Waals surface area contributed by atoms with E-state index >= 15 is 0 Å². The van der Waals surface area contributed by atoms with Crippen molar-refractivity contribution in [3.63, 3.8) is 0 Å². The summed E-state index contributed by atoms with van der Waals surface area (Å²) in [4.78, 5) is 24.5. The van der Waals surface area contributed by atoms with Gasteiger partial charge in [-0.25, -0.2) is 4.79 Å². The second-order valence-corrected chi connectivity index (χ2v) is 6.53. The molecule has 0 heterocycles. The van der Waals surface area contributed by atoms with Gasteiger partial charge in [0.05, 0.1) is 19.3 Å². The summed E-state index contributed by atoms with van der Waals surface area (Å²) in [7, 11) is 1.56. The van der Waals surface area contributed by atoms with E-state index < -0.39 is 5.97 Å². The molecule has 6 heteroatoms. The minimum Gasteiger partial charge on any atom is -0.496 e. The maximum absolute atomic E-state index is 12.3. The highest BCUT2D eigenvalue weighted by Crippen LogP contribution is 2.24. The van der Waals surface area contributed by atoms with Gasteiger partial charge in [-0.05, 0) is 42.7 Å². The van der Waals surface area contributed by atoms with Crippen LogP contribution >= 0.6 is 0 Å². The Kier molecular flexibility index (Phi) is 8.02. The fraction of sp³-hybridized carbons (Fsp3) is 0.364. The fourth-order valence-corrected chi connectivity index (χ4v) is 2.75. The molecule has 28 heavy (non-hydrogen) atoms. The molecule has 0 aliphatic heterocycles. The average Bonchev–Trinajstić information content (AvgIpc) is 2.70. The first-order valence-electron chi connectivity index (χ1n) is 9.26. The van der Waals surface area contributed by atoms with Crippen molar-refractivity contribution in [3.8, 4) is 5.75 Å². The Balaban J connectivity index is 1.99. The van der Waals surface area contributed by atoms with Crippen LogP contribution in [0.3, 0.4) is 0 Å². The molecule has 6 nitrogen and oxygen atoms in total. The smallest absolute Gasteiger partial charge is 0.338 e. The molecule has 2 aromatic carbocycles. The third-order valence-electron chi connectivity index (χ3n) is 4.17. The molecule has 0 saturated carbocycles. The highest BCUT2D eigenvalue weighted by molar-refractivity contribution is 5.96. The molecule has 0 aromatic heterocycles. The van der Waals surface area contributed by atoms with Crippen molar-refractivity contribution in [1.29, 1.82) is 0 Å². The Hall–Kier alpha value is -2.86. The largest absolute Gasteiger partial charge is 0.496 e. The second-order valence-electron chi connectivity index (χ2n) is 6.53. The van der Waals surface area contributed by atoms with E-state index in [0.29, 0.717) is 24.5 Å². The van der Waals surface area contributed by atoms with Crippen LogP contribution in [0.4, 0.5) is 5.69 Å².